The zero-order valence-electron chi connectivity index (χ0n) is 13.0. The van der Waals surface area contributed by atoms with E-state index in [-0.39, 0.29) is 23.8 Å². The summed E-state index contributed by atoms with van der Waals surface area (Å²) in [6.45, 7) is 0. The van der Waals surface area contributed by atoms with Crippen molar-refractivity contribution < 1.29 is 9.59 Å². The lowest BCUT2D eigenvalue weighted by molar-refractivity contribution is 0.0955. The predicted octanol–water partition coefficient (Wildman–Crippen LogP) is 2.03. The lowest BCUT2D eigenvalue weighted by Crippen LogP contribution is -2.21. The fourth-order valence-corrected chi connectivity index (χ4v) is 3.37. The first kappa shape index (κ1) is 14.4. The van der Waals surface area contributed by atoms with E-state index in [9.17, 15) is 9.59 Å². The molecule has 6 heteroatoms. The molecule has 2 aliphatic rings. The number of nitrogens with one attached hydrogen (secondary N) is 3. The molecule has 4 rings (SSSR count). The number of hydrazone groups is 1. The van der Waals surface area contributed by atoms with Crippen LogP contribution in [0.4, 0.5) is 5.69 Å². The Kier molecular flexibility index (Phi) is 3.30. The van der Waals surface area contributed by atoms with E-state index in [2.05, 4.69) is 21.2 Å². The van der Waals surface area contributed by atoms with E-state index in [4.69, 9.17) is 0 Å². The van der Waals surface area contributed by atoms with Gasteiger partial charge in [0, 0.05) is 36.0 Å². The standard InChI is InChI=1S/C18H16N4O2/c1-19-17(23)11-7-12-15-13(9-20-22-18(12)24)16(21-14(15)8-11)10-5-3-2-4-6-10/h2-9,13,16,21H,1H3,(H,19,23)(H,22,24). The summed E-state index contributed by atoms with van der Waals surface area (Å²) in [6.07, 6.45) is 1.75. The van der Waals surface area contributed by atoms with Crippen molar-refractivity contribution >= 4 is 23.7 Å². The number of benzene rings is 2. The number of carbonyl (C=O) groups is 2. The summed E-state index contributed by atoms with van der Waals surface area (Å²) in [5.41, 5.74) is 6.24. The van der Waals surface area contributed by atoms with Crippen LogP contribution in [0.15, 0.2) is 47.6 Å². The Labute approximate surface area is 139 Å². The molecule has 0 saturated heterocycles. The SMILES string of the molecule is CNC(=O)c1cc2c3c(c1)C(=O)NN=CC3C(c1ccccc1)N2. The van der Waals surface area contributed by atoms with Gasteiger partial charge in [0.2, 0.25) is 0 Å². The van der Waals surface area contributed by atoms with Crippen molar-refractivity contribution in [2.24, 2.45) is 5.10 Å². The molecular weight excluding hydrogens is 304 g/mol. The molecule has 0 aromatic heterocycles. The van der Waals surface area contributed by atoms with Gasteiger partial charge >= 0.3 is 0 Å². The van der Waals surface area contributed by atoms with Crippen LogP contribution in [-0.2, 0) is 0 Å². The lowest BCUT2D eigenvalue weighted by atomic mass is 9.88. The van der Waals surface area contributed by atoms with Crippen molar-refractivity contribution in [2.75, 3.05) is 12.4 Å². The molecule has 2 heterocycles. The van der Waals surface area contributed by atoms with Gasteiger partial charge in [-0.15, -0.1) is 0 Å². The van der Waals surface area contributed by atoms with E-state index < -0.39 is 0 Å². The van der Waals surface area contributed by atoms with Crippen LogP contribution in [0.25, 0.3) is 0 Å². The second-order valence-corrected chi connectivity index (χ2v) is 5.84. The first-order chi connectivity index (χ1) is 11.7. The fraction of sp³-hybridized carbons (Fsp3) is 0.167. The molecule has 120 valence electrons. The highest BCUT2D eigenvalue weighted by atomic mass is 16.2. The Balaban J connectivity index is 1.88. The van der Waals surface area contributed by atoms with E-state index in [1.165, 1.54) is 0 Å². The van der Waals surface area contributed by atoms with Gasteiger partial charge in [-0.2, -0.15) is 5.10 Å². The van der Waals surface area contributed by atoms with Gasteiger partial charge in [0.1, 0.15) is 0 Å². The van der Waals surface area contributed by atoms with Crippen molar-refractivity contribution in [2.45, 2.75) is 12.0 Å². The Morgan fingerprint density at radius 2 is 2.00 bits per heavy atom. The van der Waals surface area contributed by atoms with E-state index in [0.29, 0.717) is 11.1 Å². The predicted molar refractivity (Wildman–Crippen MR) is 91.3 cm³/mol. The maximum Gasteiger partial charge on any atom is 0.271 e. The van der Waals surface area contributed by atoms with E-state index in [0.717, 1.165) is 16.8 Å². The molecule has 2 amide bonds. The Morgan fingerprint density at radius 1 is 1.21 bits per heavy atom. The minimum Gasteiger partial charge on any atom is -0.377 e. The fourth-order valence-electron chi connectivity index (χ4n) is 3.37. The summed E-state index contributed by atoms with van der Waals surface area (Å²) in [6, 6.07) is 13.4. The second-order valence-electron chi connectivity index (χ2n) is 5.84. The molecule has 6 nitrogen and oxygen atoms in total. The molecule has 2 aliphatic heterocycles. The van der Waals surface area contributed by atoms with Crippen LogP contribution in [0.3, 0.4) is 0 Å². The topological polar surface area (TPSA) is 82.6 Å². The van der Waals surface area contributed by atoms with Crippen LogP contribution in [-0.4, -0.2) is 25.1 Å². The molecule has 0 aliphatic carbocycles. The number of nitrogens with zero attached hydrogens (tertiary/aromatic N) is 1. The van der Waals surface area contributed by atoms with Gasteiger partial charge in [-0.3, -0.25) is 9.59 Å². The Morgan fingerprint density at radius 3 is 2.75 bits per heavy atom. The van der Waals surface area contributed by atoms with Crippen LogP contribution in [0.5, 0.6) is 0 Å². The van der Waals surface area contributed by atoms with Gasteiger partial charge in [-0.05, 0) is 23.3 Å². The number of hydrogen-bond acceptors (Lipinski definition) is 4. The molecule has 2 atom stereocenters. The molecule has 2 unspecified atom stereocenters. The van der Waals surface area contributed by atoms with Crippen molar-refractivity contribution in [3.8, 4) is 0 Å². The van der Waals surface area contributed by atoms with Gasteiger partial charge < -0.3 is 10.6 Å². The third kappa shape index (κ3) is 2.15. The summed E-state index contributed by atoms with van der Waals surface area (Å²) in [4.78, 5) is 24.4. The number of rotatable bonds is 2. The number of carbonyl (C=O) groups excluding carboxylic acids is 2. The first-order valence-corrected chi connectivity index (χ1v) is 7.74. The van der Waals surface area contributed by atoms with E-state index in [1.54, 1.807) is 25.4 Å². The quantitative estimate of drug-likeness (QED) is 0.792. The monoisotopic (exact) mass is 320 g/mol. The summed E-state index contributed by atoms with van der Waals surface area (Å²) < 4.78 is 0. The summed E-state index contributed by atoms with van der Waals surface area (Å²) in [5, 5.41) is 10.1. The summed E-state index contributed by atoms with van der Waals surface area (Å²) in [7, 11) is 1.57. The Bertz CT molecular complexity index is 861. The highest BCUT2D eigenvalue weighted by Gasteiger charge is 2.37. The third-order valence-corrected chi connectivity index (χ3v) is 4.48. The largest absolute Gasteiger partial charge is 0.377 e. The van der Waals surface area contributed by atoms with Crippen LogP contribution in [0.2, 0.25) is 0 Å². The highest BCUT2D eigenvalue weighted by Crippen LogP contribution is 2.45. The molecule has 0 saturated carbocycles. The van der Waals surface area contributed by atoms with Crippen LogP contribution >= 0.6 is 0 Å². The van der Waals surface area contributed by atoms with Crippen LogP contribution in [0.1, 0.15) is 43.8 Å². The maximum atomic E-state index is 12.4. The number of amides is 2. The van der Waals surface area contributed by atoms with Gasteiger partial charge in [-0.1, -0.05) is 30.3 Å². The van der Waals surface area contributed by atoms with Crippen LogP contribution in [0, 0.1) is 0 Å². The molecule has 24 heavy (non-hydrogen) atoms. The average Bonchev–Trinajstić information content (AvgIpc) is 2.90. The van der Waals surface area contributed by atoms with Crippen molar-refractivity contribution in [3.63, 3.8) is 0 Å². The average molecular weight is 320 g/mol. The van der Waals surface area contributed by atoms with E-state index >= 15 is 0 Å². The van der Waals surface area contributed by atoms with Gasteiger partial charge in [0.25, 0.3) is 11.8 Å². The zero-order valence-corrected chi connectivity index (χ0v) is 13.0. The molecular formula is C18H16N4O2. The third-order valence-electron chi connectivity index (χ3n) is 4.48. The molecule has 2 aromatic carbocycles. The normalized spacial score (nSPS) is 20.6. The van der Waals surface area contributed by atoms with Gasteiger partial charge in [0.15, 0.2) is 0 Å². The molecule has 2 aromatic rings. The maximum absolute atomic E-state index is 12.4. The van der Waals surface area contributed by atoms with Crippen molar-refractivity contribution in [1.29, 1.82) is 0 Å². The van der Waals surface area contributed by atoms with Crippen LogP contribution < -0.4 is 16.1 Å². The molecule has 0 spiro atoms. The minimum atomic E-state index is -0.300. The Hall–Kier alpha value is -3.15. The highest BCUT2D eigenvalue weighted by molar-refractivity contribution is 6.05. The van der Waals surface area contributed by atoms with Gasteiger partial charge in [-0.25, -0.2) is 5.43 Å². The van der Waals surface area contributed by atoms with Gasteiger partial charge in [0.05, 0.1) is 6.04 Å². The molecule has 3 N–H and O–H groups in total. The molecule has 0 fully saturated rings. The first-order valence-electron chi connectivity index (χ1n) is 7.74. The minimum absolute atomic E-state index is 0.0312. The molecule has 0 radical (unpaired) electrons. The zero-order chi connectivity index (χ0) is 16.7. The summed E-state index contributed by atoms with van der Waals surface area (Å²) in [5.74, 6) is -0.602. The lowest BCUT2D eigenvalue weighted by Gasteiger charge is -2.17. The number of anilines is 1. The number of hydrogen-bond donors (Lipinski definition) is 3. The second kappa shape index (κ2) is 5.49. The smallest absolute Gasteiger partial charge is 0.271 e. The molecule has 0 bridgehead atoms. The van der Waals surface area contributed by atoms with Crippen molar-refractivity contribution in [3.05, 3.63) is 64.7 Å². The van der Waals surface area contributed by atoms with E-state index in [1.807, 2.05) is 30.3 Å². The van der Waals surface area contributed by atoms with Crippen molar-refractivity contribution in [1.82, 2.24) is 10.7 Å². The summed E-state index contributed by atoms with van der Waals surface area (Å²) >= 11 is 0.